The molecule has 4 heterocycles. The molecule has 2 fully saturated rings. The molecule has 13 nitrogen and oxygen atoms in total. The van der Waals surface area contributed by atoms with E-state index in [9.17, 15) is 10.1 Å². The molecule has 194 valence electrons. The van der Waals surface area contributed by atoms with Gasteiger partial charge in [-0.05, 0) is 18.2 Å². The Morgan fingerprint density at radius 2 is 1.76 bits per heavy atom. The lowest BCUT2D eigenvalue weighted by Gasteiger charge is -2.31. The highest BCUT2D eigenvalue weighted by atomic mass is 16.6. The van der Waals surface area contributed by atoms with Crippen LogP contribution in [0, 0.1) is 10.1 Å². The number of hydrogen-bond acceptors (Lipinski definition) is 12. The molecule has 2 aromatic heterocycles. The number of nitrogens with zero attached hydrogens (tertiary/aromatic N) is 6. The second kappa shape index (κ2) is 11.2. The molecule has 0 spiro atoms. The second-order valence-electron chi connectivity index (χ2n) is 8.32. The van der Waals surface area contributed by atoms with Crippen molar-refractivity contribution in [2.45, 2.75) is 0 Å². The van der Waals surface area contributed by atoms with Crippen LogP contribution < -0.4 is 20.0 Å². The lowest BCUT2D eigenvalue weighted by molar-refractivity contribution is -0.384. The van der Waals surface area contributed by atoms with Crippen LogP contribution in [0.25, 0.3) is 11.3 Å². The van der Waals surface area contributed by atoms with Gasteiger partial charge in [-0.25, -0.2) is 0 Å². The summed E-state index contributed by atoms with van der Waals surface area (Å²) in [5, 5.41) is 15.4. The number of hydrazone groups is 1. The van der Waals surface area contributed by atoms with Crippen LogP contribution in [-0.2, 0) is 9.47 Å². The van der Waals surface area contributed by atoms with E-state index in [4.69, 9.17) is 23.6 Å². The molecule has 5 rings (SSSR count). The number of methoxy groups -OCH3 is 1. The monoisotopic (exact) mass is 509 g/mol. The molecule has 0 radical (unpaired) electrons. The quantitative estimate of drug-likeness (QED) is 0.272. The number of non-ortho nitro benzene ring substituents is 1. The van der Waals surface area contributed by atoms with Gasteiger partial charge in [0.1, 0.15) is 23.1 Å². The maximum absolute atomic E-state index is 11.1. The average molecular weight is 510 g/mol. The van der Waals surface area contributed by atoms with Gasteiger partial charge in [-0.15, -0.1) is 0 Å². The number of rotatable bonds is 8. The van der Waals surface area contributed by atoms with E-state index in [1.54, 1.807) is 18.2 Å². The van der Waals surface area contributed by atoms with Gasteiger partial charge in [0.15, 0.2) is 5.82 Å². The number of aromatic nitrogens is 2. The minimum atomic E-state index is -0.472. The van der Waals surface area contributed by atoms with Crippen LogP contribution in [0.2, 0.25) is 0 Å². The minimum absolute atomic E-state index is 0.0594. The summed E-state index contributed by atoms with van der Waals surface area (Å²) in [7, 11) is 1.45. The first-order valence-electron chi connectivity index (χ1n) is 11.9. The van der Waals surface area contributed by atoms with Crippen molar-refractivity contribution in [1.29, 1.82) is 0 Å². The van der Waals surface area contributed by atoms with Crippen molar-refractivity contribution in [3.63, 3.8) is 0 Å². The topological polar surface area (TPSA) is 141 Å². The van der Waals surface area contributed by atoms with Gasteiger partial charge in [-0.2, -0.15) is 15.1 Å². The molecule has 2 saturated heterocycles. The smallest absolute Gasteiger partial charge is 0.273 e. The van der Waals surface area contributed by atoms with Crippen LogP contribution in [0.3, 0.4) is 0 Å². The van der Waals surface area contributed by atoms with Crippen LogP contribution in [0.15, 0.2) is 45.9 Å². The second-order valence-corrected chi connectivity index (χ2v) is 8.32. The van der Waals surface area contributed by atoms with Crippen LogP contribution in [0.5, 0.6) is 5.75 Å². The summed E-state index contributed by atoms with van der Waals surface area (Å²) in [6.45, 7) is 5.51. The SMILES string of the molecule is COc1cc([N+](=O)[O-])ccc1-c1ccc(/C=N/Nc2cc(N3CCOCC3)nc(N3CCOCC3)n2)o1. The van der Waals surface area contributed by atoms with Gasteiger partial charge >= 0.3 is 0 Å². The van der Waals surface area contributed by atoms with E-state index in [2.05, 4.69) is 25.3 Å². The molecule has 0 atom stereocenters. The fraction of sp³-hybridized carbons (Fsp3) is 0.375. The fourth-order valence-corrected chi connectivity index (χ4v) is 4.06. The Morgan fingerprint density at radius 1 is 1.03 bits per heavy atom. The van der Waals surface area contributed by atoms with E-state index in [1.807, 2.05) is 6.07 Å². The van der Waals surface area contributed by atoms with Gasteiger partial charge in [-0.3, -0.25) is 15.5 Å². The Kier molecular flexibility index (Phi) is 7.42. The van der Waals surface area contributed by atoms with Crippen molar-refractivity contribution in [3.8, 4) is 17.1 Å². The molecule has 2 aliphatic rings. The number of morpholine rings is 2. The Morgan fingerprint density at radius 3 is 2.46 bits per heavy atom. The highest BCUT2D eigenvalue weighted by Gasteiger charge is 2.20. The summed E-state index contributed by atoms with van der Waals surface area (Å²) >= 11 is 0. The predicted molar refractivity (Wildman–Crippen MR) is 137 cm³/mol. The summed E-state index contributed by atoms with van der Waals surface area (Å²) in [5.41, 5.74) is 3.53. The van der Waals surface area contributed by atoms with E-state index in [0.29, 0.717) is 61.0 Å². The van der Waals surface area contributed by atoms with Crippen LogP contribution in [0.4, 0.5) is 23.3 Å². The number of furan rings is 1. The normalized spacial score (nSPS) is 16.2. The highest BCUT2D eigenvalue weighted by molar-refractivity contribution is 5.79. The van der Waals surface area contributed by atoms with Gasteiger partial charge < -0.3 is 28.4 Å². The molecule has 13 heteroatoms. The minimum Gasteiger partial charge on any atom is -0.496 e. The van der Waals surface area contributed by atoms with Crippen molar-refractivity contribution in [3.05, 3.63) is 52.3 Å². The lowest BCUT2D eigenvalue weighted by atomic mass is 10.1. The van der Waals surface area contributed by atoms with Gasteiger partial charge in [0.25, 0.3) is 5.69 Å². The first-order valence-corrected chi connectivity index (χ1v) is 11.9. The van der Waals surface area contributed by atoms with Crippen molar-refractivity contribution < 1.29 is 23.6 Å². The third-order valence-corrected chi connectivity index (χ3v) is 5.99. The fourth-order valence-electron chi connectivity index (χ4n) is 4.06. The molecule has 0 unspecified atom stereocenters. The molecule has 0 bridgehead atoms. The number of nitro benzene ring substituents is 1. The van der Waals surface area contributed by atoms with Gasteiger partial charge in [0.2, 0.25) is 5.95 Å². The summed E-state index contributed by atoms with van der Waals surface area (Å²) in [6.07, 6.45) is 1.53. The van der Waals surface area contributed by atoms with Crippen molar-refractivity contribution in [2.75, 3.05) is 74.9 Å². The van der Waals surface area contributed by atoms with E-state index in [0.717, 1.165) is 32.0 Å². The zero-order valence-corrected chi connectivity index (χ0v) is 20.3. The van der Waals surface area contributed by atoms with E-state index < -0.39 is 4.92 Å². The Hall–Kier alpha value is -4.23. The number of benzene rings is 1. The van der Waals surface area contributed by atoms with Gasteiger partial charge in [-0.1, -0.05) is 0 Å². The van der Waals surface area contributed by atoms with E-state index >= 15 is 0 Å². The number of ether oxygens (including phenoxy) is 3. The summed E-state index contributed by atoms with van der Waals surface area (Å²) in [4.78, 5) is 24.3. The Bertz CT molecular complexity index is 1230. The summed E-state index contributed by atoms with van der Waals surface area (Å²) in [6, 6.07) is 9.73. The summed E-state index contributed by atoms with van der Waals surface area (Å²) < 4.78 is 22.1. The van der Waals surface area contributed by atoms with Crippen molar-refractivity contribution in [1.82, 2.24) is 9.97 Å². The third-order valence-electron chi connectivity index (χ3n) is 5.99. The van der Waals surface area contributed by atoms with Crippen LogP contribution >= 0.6 is 0 Å². The third kappa shape index (κ3) is 5.78. The molecule has 1 N–H and O–H groups in total. The number of nitrogens with one attached hydrogen (secondary N) is 1. The maximum atomic E-state index is 11.1. The van der Waals surface area contributed by atoms with E-state index in [1.165, 1.54) is 25.5 Å². The highest BCUT2D eigenvalue weighted by Crippen LogP contribution is 2.34. The first-order chi connectivity index (χ1) is 18.1. The maximum Gasteiger partial charge on any atom is 0.273 e. The number of nitro groups is 1. The number of anilines is 3. The predicted octanol–water partition coefficient (Wildman–Crippen LogP) is 2.77. The van der Waals surface area contributed by atoms with Gasteiger partial charge in [0, 0.05) is 38.3 Å². The molecular weight excluding hydrogens is 482 g/mol. The lowest BCUT2D eigenvalue weighted by Crippen LogP contribution is -2.39. The number of hydrogen-bond donors (Lipinski definition) is 1. The van der Waals surface area contributed by atoms with Crippen molar-refractivity contribution in [2.24, 2.45) is 5.10 Å². The molecule has 0 aliphatic carbocycles. The largest absolute Gasteiger partial charge is 0.496 e. The molecule has 3 aromatic rings. The molecule has 1 aromatic carbocycles. The molecule has 2 aliphatic heterocycles. The first kappa shape index (κ1) is 24.5. The van der Waals surface area contributed by atoms with Crippen LogP contribution in [0.1, 0.15) is 5.76 Å². The zero-order valence-electron chi connectivity index (χ0n) is 20.3. The molecule has 37 heavy (non-hydrogen) atoms. The van der Waals surface area contributed by atoms with E-state index in [-0.39, 0.29) is 5.69 Å². The van der Waals surface area contributed by atoms with Gasteiger partial charge in [0.05, 0.1) is 56.3 Å². The standard InChI is InChI=1S/C24H27N7O6/c1-34-21-14-17(31(32)33)2-4-19(21)20-5-3-18(37-20)16-25-28-22-15-23(29-6-10-35-11-7-29)27-24(26-22)30-8-12-36-13-9-30/h2-5,14-16H,6-13H2,1H3,(H,26,27,28)/b25-16+. The van der Waals surface area contributed by atoms with Crippen LogP contribution in [-0.4, -0.2) is 80.8 Å². The summed E-state index contributed by atoms with van der Waals surface area (Å²) in [5.74, 6) is 3.31. The molecular formula is C24H27N7O6. The molecule has 0 saturated carbocycles. The Labute approximate surface area is 212 Å². The van der Waals surface area contributed by atoms with Crippen molar-refractivity contribution >= 4 is 29.5 Å². The Balaban J connectivity index is 1.33. The zero-order chi connectivity index (χ0) is 25.6. The average Bonchev–Trinajstić information content (AvgIpc) is 3.42. The molecule has 0 amide bonds.